The minimum atomic E-state index is -0.431. The molecule has 21 heavy (non-hydrogen) atoms. The van der Waals surface area contributed by atoms with Crippen LogP contribution in [0.4, 0.5) is 0 Å². The normalized spacial score (nSPS) is 11.0. The number of aryl methyl sites for hydroxylation is 1. The molecule has 0 aliphatic rings. The molecule has 0 fully saturated rings. The number of H-pyrrole nitrogens is 1. The third-order valence-electron chi connectivity index (χ3n) is 3.11. The van der Waals surface area contributed by atoms with Gasteiger partial charge in [0.25, 0.3) is 0 Å². The van der Waals surface area contributed by atoms with Gasteiger partial charge in [-0.15, -0.1) is 11.3 Å². The number of rotatable bonds is 5. The molecule has 0 aromatic carbocycles. The van der Waals surface area contributed by atoms with Crippen molar-refractivity contribution >= 4 is 29.2 Å². The predicted molar refractivity (Wildman–Crippen MR) is 83.9 cm³/mol. The van der Waals surface area contributed by atoms with E-state index >= 15 is 0 Å². The Kier molecular flexibility index (Phi) is 4.75. The molecular formula is C16H17NO3S. The monoisotopic (exact) mass is 303 g/mol. The van der Waals surface area contributed by atoms with Gasteiger partial charge in [-0.05, 0) is 49.9 Å². The first-order chi connectivity index (χ1) is 10.0. The maximum Gasteiger partial charge on any atom is 0.355 e. The van der Waals surface area contributed by atoms with Crippen LogP contribution in [-0.2, 0) is 4.74 Å². The van der Waals surface area contributed by atoms with Crippen LogP contribution < -0.4 is 0 Å². The van der Waals surface area contributed by atoms with Crippen LogP contribution >= 0.6 is 11.3 Å². The van der Waals surface area contributed by atoms with Crippen molar-refractivity contribution in [2.24, 2.45) is 0 Å². The van der Waals surface area contributed by atoms with Gasteiger partial charge in [0.15, 0.2) is 5.78 Å². The van der Waals surface area contributed by atoms with E-state index in [1.165, 1.54) is 6.08 Å². The summed E-state index contributed by atoms with van der Waals surface area (Å²) in [5.41, 5.74) is 2.19. The molecule has 2 aromatic rings. The molecule has 110 valence electrons. The molecule has 0 spiro atoms. The number of aromatic amines is 1. The molecule has 2 rings (SSSR count). The highest BCUT2D eigenvalue weighted by Gasteiger charge is 2.21. The zero-order valence-corrected chi connectivity index (χ0v) is 13.0. The highest BCUT2D eigenvalue weighted by Crippen LogP contribution is 2.20. The second-order valence-corrected chi connectivity index (χ2v) is 5.54. The summed E-state index contributed by atoms with van der Waals surface area (Å²) in [5.74, 6) is -0.551. The van der Waals surface area contributed by atoms with E-state index in [0.29, 0.717) is 29.1 Å². The lowest BCUT2D eigenvalue weighted by atomic mass is 10.1. The zero-order valence-electron chi connectivity index (χ0n) is 12.2. The SMILES string of the molecule is CCOC(=O)c1[nH]c(C)c(C(=O)C=Cc2cccs2)c1C. The van der Waals surface area contributed by atoms with E-state index in [2.05, 4.69) is 4.98 Å². The van der Waals surface area contributed by atoms with Gasteiger partial charge in [-0.2, -0.15) is 0 Å². The van der Waals surface area contributed by atoms with Crippen LogP contribution in [0, 0.1) is 13.8 Å². The van der Waals surface area contributed by atoms with Gasteiger partial charge in [0.1, 0.15) is 5.69 Å². The van der Waals surface area contributed by atoms with Crippen LogP contribution in [0.2, 0.25) is 0 Å². The van der Waals surface area contributed by atoms with Crippen molar-refractivity contribution in [3.8, 4) is 0 Å². The number of aromatic nitrogens is 1. The standard InChI is InChI=1S/C16H17NO3S/c1-4-20-16(19)15-10(2)14(11(3)17-15)13(18)8-7-12-6-5-9-21-12/h5-9,17H,4H2,1-3H3. The summed E-state index contributed by atoms with van der Waals surface area (Å²) >= 11 is 1.56. The van der Waals surface area contributed by atoms with Crippen LogP contribution in [0.1, 0.15) is 43.9 Å². The lowest BCUT2D eigenvalue weighted by molar-refractivity contribution is 0.0519. The van der Waals surface area contributed by atoms with Crippen LogP contribution in [0.25, 0.3) is 6.08 Å². The Morgan fingerprint density at radius 2 is 2.14 bits per heavy atom. The average molecular weight is 303 g/mol. The van der Waals surface area contributed by atoms with E-state index in [1.807, 2.05) is 17.5 Å². The molecule has 1 N–H and O–H groups in total. The van der Waals surface area contributed by atoms with Gasteiger partial charge in [-0.25, -0.2) is 4.79 Å². The number of carbonyl (C=O) groups is 2. The number of esters is 1. The molecule has 0 bridgehead atoms. The summed E-state index contributed by atoms with van der Waals surface area (Å²) < 4.78 is 4.98. The van der Waals surface area contributed by atoms with Crippen molar-refractivity contribution < 1.29 is 14.3 Å². The zero-order chi connectivity index (χ0) is 15.4. The summed E-state index contributed by atoms with van der Waals surface area (Å²) in [6.07, 6.45) is 3.31. The van der Waals surface area contributed by atoms with E-state index in [4.69, 9.17) is 4.74 Å². The first-order valence-electron chi connectivity index (χ1n) is 6.66. The van der Waals surface area contributed by atoms with Crippen LogP contribution in [-0.4, -0.2) is 23.3 Å². The highest BCUT2D eigenvalue weighted by molar-refractivity contribution is 7.10. The maximum absolute atomic E-state index is 12.3. The van der Waals surface area contributed by atoms with E-state index in [0.717, 1.165) is 4.88 Å². The van der Waals surface area contributed by atoms with Crippen LogP contribution in [0.3, 0.4) is 0 Å². The number of ketones is 1. The minimum Gasteiger partial charge on any atom is -0.461 e. The Morgan fingerprint density at radius 1 is 1.38 bits per heavy atom. The number of carbonyl (C=O) groups excluding carboxylic acids is 2. The number of hydrogen-bond donors (Lipinski definition) is 1. The number of hydrogen-bond acceptors (Lipinski definition) is 4. The fourth-order valence-corrected chi connectivity index (χ4v) is 2.77. The van der Waals surface area contributed by atoms with Gasteiger partial charge in [0.05, 0.1) is 6.61 Å². The third kappa shape index (κ3) is 3.31. The fraction of sp³-hybridized carbons (Fsp3) is 0.250. The smallest absolute Gasteiger partial charge is 0.355 e. The molecule has 5 heteroatoms. The van der Waals surface area contributed by atoms with Crippen molar-refractivity contribution in [3.05, 3.63) is 51.0 Å². The average Bonchev–Trinajstić information content (AvgIpc) is 3.05. The summed E-state index contributed by atoms with van der Waals surface area (Å²) in [6, 6.07) is 3.87. The minimum absolute atomic E-state index is 0.120. The van der Waals surface area contributed by atoms with E-state index in [9.17, 15) is 9.59 Å². The Hall–Kier alpha value is -2.14. The molecule has 0 saturated heterocycles. The lowest BCUT2D eigenvalue weighted by Crippen LogP contribution is -2.07. The molecule has 2 heterocycles. The summed E-state index contributed by atoms with van der Waals surface area (Å²) in [4.78, 5) is 28.1. The Morgan fingerprint density at radius 3 is 2.76 bits per heavy atom. The van der Waals surface area contributed by atoms with Crippen molar-refractivity contribution in [2.75, 3.05) is 6.61 Å². The quantitative estimate of drug-likeness (QED) is 0.519. The second-order valence-electron chi connectivity index (χ2n) is 4.56. The summed E-state index contributed by atoms with van der Waals surface area (Å²) in [6.45, 7) is 5.58. The van der Waals surface area contributed by atoms with Gasteiger partial charge in [-0.3, -0.25) is 4.79 Å². The van der Waals surface area contributed by atoms with Crippen molar-refractivity contribution in [3.63, 3.8) is 0 Å². The molecular weight excluding hydrogens is 286 g/mol. The number of ether oxygens (including phenoxy) is 1. The van der Waals surface area contributed by atoms with Gasteiger partial charge in [-0.1, -0.05) is 6.07 Å². The summed E-state index contributed by atoms with van der Waals surface area (Å²) in [7, 11) is 0. The summed E-state index contributed by atoms with van der Waals surface area (Å²) in [5, 5.41) is 1.95. The molecule has 4 nitrogen and oxygen atoms in total. The lowest BCUT2D eigenvalue weighted by Gasteiger charge is -2.00. The van der Waals surface area contributed by atoms with E-state index < -0.39 is 5.97 Å². The van der Waals surface area contributed by atoms with Crippen molar-refractivity contribution in [1.29, 1.82) is 0 Å². The molecule has 0 aliphatic carbocycles. The maximum atomic E-state index is 12.3. The van der Waals surface area contributed by atoms with Crippen molar-refractivity contribution in [1.82, 2.24) is 4.98 Å². The number of allylic oxidation sites excluding steroid dienone is 1. The predicted octanol–water partition coefficient (Wildman–Crippen LogP) is 3.77. The number of thiophene rings is 1. The van der Waals surface area contributed by atoms with Gasteiger partial charge in [0.2, 0.25) is 0 Å². The van der Waals surface area contributed by atoms with Gasteiger partial charge < -0.3 is 9.72 Å². The van der Waals surface area contributed by atoms with Crippen LogP contribution in [0.15, 0.2) is 23.6 Å². The van der Waals surface area contributed by atoms with Crippen LogP contribution in [0.5, 0.6) is 0 Å². The first kappa shape index (κ1) is 15.3. The number of nitrogens with one attached hydrogen (secondary N) is 1. The Bertz CT molecular complexity index is 681. The van der Waals surface area contributed by atoms with E-state index in [-0.39, 0.29) is 5.78 Å². The van der Waals surface area contributed by atoms with E-state index in [1.54, 1.807) is 38.2 Å². The molecule has 0 unspecified atom stereocenters. The Labute approximate surface area is 127 Å². The molecule has 0 atom stereocenters. The largest absolute Gasteiger partial charge is 0.461 e. The molecule has 0 aliphatic heterocycles. The topological polar surface area (TPSA) is 59.2 Å². The highest BCUT2D eigenvalue weighted by atomic mass is 32.1. The Balaban J connectivity index is 2.27. The molecule has 0 amide bonds. The second kappa shape index (κ2) is 6.54. The molecule has 0 radical (unpaired) electrons. The van der Waals surface area contributed by atoms with Gasteiger partial charge in [0, 0.05) is 16.1 Å². The van der Waals surface area contributed by atoms with Crippen molar-refractivity contribution in [2.45, 2.75) is 20.8 Å². The third-order valence-corrected chi connectivity index (χ3v) is 3.94. The fourth-order valence-electron chi connectivity index (χ4n) is 2.15. The van der Waals surface area contributed by atoms with Gasteiger partial charge >= 0.3 is 5.97 Å². The molecule has 0 saturated carbocycles. The first-order valence-corrected chi connectivity index (χ1v) is 7.54. The molecule has 2 aromatic heterocycles.